The first-order valence-corrected chi connectivity index (χ1v) is 20.8. The zero-order valence-corrected chi connectivity index (χ0v) is 31.0. The molecule has 1 saturated heterocycles. The quantitative estimate of drug-likeness (QED) is 0.274. The number of pyridine rings is 1. The lowest BCUT2D eigenvalue weighted by Gasteiger charge is -2.34. The van der Waals surface area contributed by atoms with Crippen molar-refractivity contribution >= 4 is 44.4 Å². The second kappa shape index (κ2) is 14.9. The summed E-state index contributed by atoms with van der Waals surface area (Å²) < 4.78 is 40.1. The van der Waals surface area contributed by atoms with E-state index >= 15 is 0 Å². The molecule has 2 amide bonds. The largest absolute Gasteiger partial charge is 0.472 e. The Kier molecular flexibility index (Phi) is 10.5. The van der Waals surface area contributed by atoms with E-state index in [1.165, 1.54) is 0 Å². The lowest BCUT2D eigenvalue weighted by molar-refractivity contribution is -0.152. The molecule has 0 unspecified atom stereocenters. The number of aryl methyl sites for hydroxylation is 2. The van der Waals surface area contributed by atoms with Crippen LogP contribution in [-0.2, 0) is 40.4 Å². The molecule has 0 radical (unpaired) electrons. The van der Waals surface area contributed by atoms with Crippen LogP contribution in [0.1, 0.15) is 101 Å². The number of carbonyl (C=O) groups excluding carboxylic acids is 4. The van der Waals surface area contributed by atoms with Gasteiger partial charge in [-0.2, -0.15) is 0 Å². The van der Waals surface area contributed by atoms with Crippen LogP contribution < -0.4 is 9.46 Å². The number of ketones is 1. The Labute approximate surface area is 306 Å². The van der Waals surface area contributed by atoms with Crippen molar-refractivity contribution in [3.8, 4) is 5.88 Å². The lowest BCUT2D eigenvalue weighted by Crippen LogP contribution is -2.48. The van der Waals surface area contributed by atoms with Gasteiger partial charge >= 0.3 is 5.97 Å². The lowest BCUT2D eigenvalue weighted by atomic mass is 9.77. The molecular weight excluding hydrogens is 683 g/mol. The van der Waals surface area contributed by atoms with Gasteiger partial charge in [0.15, 0.2) is 5.78 Å². The molecule has 12 heteroatoms. The topological polar surface area (TPSA) is 149 Å². The van der Waals surface area contributed by atoms with Crippen LogP contribution in [0.5, 0.6) is 5.88 Å². The molecule has 4 bridgehead atoms. The fourth-order valence-corrected chi connectivity index (χ4v) is 10.3. The maximum absolute atomic E-state index is 14.8. The smallest absolute Gasteiger partial charge is 0.306 e. The number of carbonyl (C=O) groups is 4. The van der Waals surface area contributed by atoms with E-state index in [2.05, 4.69) is 35.3 Å². The van der Waals surface area contributed by atoms with Crippen molar-refractivity contribution in [1.29, 1.82) is 0 Å². The Morgan fingerprint density at radius 2 is 1.83 bits per heavy atom. The zero-order chi connectivity index (χ0) is 36.6. The van der Waals surface area contributed by atoms with Crippen molar-refractivity contribution in [3.63, 3.8) is 0 Å². The number of fused-ring (bicyclic) bond motifs is 3. The Bertz CT molecular complexity index is 1850. The fourth-order valence-electron chi connectivity index (χ4n) is 8.89. The van der Waals surface area contributed by atoms with Gasteiger partial charge in [0.2, 0.25) is 27.7 Å². The number of hydrogen-bond acceptors (Lipinski definition) is 9. The predicted molar refractivity (Wildman–Crippen MR) is 195 cm³/mol. The molecule has 1 aromatic heterocycles. The van der Waals surface area contributed by atoms with Crippen LogP contribution in [0, 0.1) is 30.1 Å². The highest BCUT2D eigenvalue weighted by Crippen LogP contribution is 2.57. The highest BCUT2D eigenvalue weighted by atomic mass is 32.2. The number of nitrogens with one attached hydrogen (secondary N) is 1. The average molecular weight is 734 g/mol. The van der Waals surface area contributed by atoms with E-state index in [0.717, 1.165) is 79.7 Å². The van der Waals surface area contributed by atoms with Gasteiger partial charge in [-0.05, 0) is 105 Å². The zero-order valence-electron chi connectivity index (χ0n) is 30.1. The summed E-state index contributed by atoms with van der Waals surface area (Å²) in [7, 11) is -3.83. The SMILES string of the molecule is C=C[C@@H]1C[C@]1(CC(=O)[C@@H]1C[C@@H]2CN1C(=O)[C@H](C1CCCCC1)CC(=O)OCCCCCc1cc(C)c3ccnc(c3c1)O2)C(=O)NS(=O)(=O)C1CC1. The molecule has 5 atom stereocenters. The van der Waals surface area contributed by atoms with Crippen LogP contribution in [0.2, 0.25) is 0 Å². The molecule has 2 aliphatic heterocycles. The van der Waals surface area contributed by atoms with Crippen LogP contribution in [-0.4, -0.2) is 72.4 Å². The van der Waals surface area contributed by atoms with Gasteiger partial charge < -0.3 is 14.4 Å². The number of allylic oxidation sites excluding steroid dienone is 1. The number of rotatable bonds is 8. The molecule has 3 heterocycles. The van der Waals surface area contributed by atoms with Gasteiger partial charge in [-0.1, -0.05) is 31.4 Å². The Hall–Kier alpha value is -3.80. The van der Waals surface area contributed by atoms with E-state index in [1.54, 1.807) is 17.2 Å². The molecule has 11 nitrogen and oxygen atoms in total. The number of hydrogen-bond donors (Lipinski definition) is 1. The van der Waals surface area contributed by atoms with E-state index in [4.69, 9.17) is 9.47 Å². The molecule has 1 N–H and O–H groups in total. The molecule has 52 heavy (non-hydrogen) atoms. The molecule has 1 aromatic carbocycles. The summed E-state index contributed by atoms with van der Waals surface area (Å²) >= 11 is 0. The van der Waals surface area contributed by atoms with Crippen LogP contribution >= 0.6 is 0 Å². The maximum atomic E-state index is 14.8. The van der Waals surface area contributed by atoms with Crippen LogP contribution in [0.25, 0.3) is 10.8 Å². The minimum Gasteiger partial charge on any atom is -0.472 e. The average Bonchev–Trinajstić information content (AvgIpc) is 4.05. The monoisotopic (exact) mass is 733 g/mol. The van der Waals surface area contributed by atoms with E-state index in [9.17, 15) is 27.6 Å². The molecule has 0 spiro atoms. The molecule has 2 aromatic rings. The fraction of sp³-hybridized carbons (Fsp3) is 0.625. The van der Waals surface area contributed by atoms with Crippen LogP contribution in [0.3, 0.4) is 0 Å². The summed E-state index contributed by atoms with van der Waals surface area (Å²) in [4.78, 5) is 62.3. The third kappa shape index (κ3) is 7.63. The Morgan fingerprint density at radius 1 is 1.06 bits per heavy atom. The van der Waals surface area contributed by atoms with E-state index < -0.39 is 50.6 Å². The first kappa shape index (κ1) is 36.6. The highest BCUT2D eigenvalue weighted by molar-refractivity contribution is 7.90. The highest BCUT2D eigenvalue weighted by Gasteiger charge is 2.61. The number of esters is 1. The van der Waals surface area contributed by atoms with Gasteiger partial charge in [-0.25, -0.2) is 13.4 Å². The number of cyclic esters (lactones) is 1. The summed E-state index contributed by atoms with van der Waals surface area (Å²) in [5.41, 5.74) is 1.00. The van der Waals surface area contributed by atoms with Crippen molar-refractivity contribution < 1.29 is 37.1 Å². The van der Waals surface area contributed by atoms with Crippen LogP contribution in [0.4, 0.5) is 0 Å². The van der Waals surface area contributed by atoms with Crippen LogP contribution in [0.15, 0.2) is 37.1 Å². The van der Waals surface area contributed by atoms with Gasteiger partial charge in [0.25, 0.3) is 0 Å². The summed E-state index contributed by atoms with van der Waals surface area (Å²) in [6.45, 7) is 6.32. The molecule has 280 valence electrons. The number of amides is 2. The first-order valence-electron chi connectivity index (χ1n) is 19.2. The van der Waals surface area contributed by atoms with Gasteiger partial charge in [-0.15, -0.1) is 6.58 Å². The molecule has 5 aliphatic rings. The standard InChI is InChI=1S/C40H51N3O8S/c1-3-28-22-40(28,39(47)42-52(48,49)30-13-14-30)23-35(44)34-20-29-24-43(34)38(46)32(27-11-7-4-8-12-27)21-36(45)50-17-9-5-6-10-26-18-25(2)31-15-16-41-37(51-29)33(31)19-26/h3,15-16,18-19,27-30,32,34H,1,4-14,17,20-24H2,2H3,(H,42,47)/t28-,29-,32+,34+,40-/m1/s1. The molecule has 3 saturated carbocycles. The number of Topliss-reactive ketones (excluding diaryl/α,β-unsaturated/α-hetero) is 1. The predicted octanol–water partition coefficient (Wildman–Crippen LogP) is 5.51. The van der Waals surface area contributed by atoms with Crippen molar-refractivity contribution in [2.45, 2.75) is 121 Å². The number of sulfonamides is 1. The van der Waals surface area contributed by atoms with Gasteiger partial charge in [0.05, 0.1) is 42.2 Å². The second-order valence-electron chi connectivity index (χ2n) is 15.9. The van der Waals surface area contributed by atoms with Crippen molar-refractivity contribution in [2.75, 3.05) is 13.2 Å². The summed E-state index contributed by atoms with van der Waals surface area (Å²) in [5.74, 6) is -2.29. The molecule has 7 rings (SSSR count). The van der Waals surface area contributed by atoms with E-state index in [0.29, 0.717) is 31.7 Å². The minimum absolute atomic E-state index is 0.0189. The number of aromatic nitrogens is 1. The van der Waals surface area contributed by atoms with Crippen molar-refractivity contribution in [3.05, 3.63) is 48.2 Å². The molecule has 4 fully saturated rings. The van der Waals surface area contributed by atoms with Gasteiger partial charge in [0.1, 0.15) is 6.10 Å². The van der Waals surface area contributed by atoms with Gasteiger partial charge in [-0.3, -0.25) is 23.9 Å². The third-order valence-electron chi connectivity index (χ3n) is 12.2. The number of nitrogens with zero attached hydrogens (tertiary/aromatic N) is 2. The summed E-state index contributed by atoms with van der Waals surface area (Å²) in [5, 5.41) is 1.30. The summed E-state index contributed by atoms with van der Waals surface area (Å²) in [6.07, 6.45) is 12.0. The summed E-state index contributed by atoms with van der Waals surface area (Å²) in [6, 6.07) is 5.32. The van der Waals surface area contributed by atoms with Crippen molar-refractivity contribution in [1.82, 2.24) is 14.6 Å². The number of ether oxygens (including phenoxy) is 2. The molecule has 3 aliphatic carbocycles. The Morgan fingerprint density at radius 3 is 2.56 bits per heavy atom. The van der Waals surface area contributed by atoms with Gasteiger partial charge in [0, 0.05) is 24.4 Å². The molecular formula is C40H51N3O8S. The van der Waals surface area contributed by atoms with Crippen molar-refractivity contribution in [2.24, 2.45) is 23.2 Å². The van der Waals surface area contributed by atoms with E-state index in [1.807, 2.05) is 6.07 Å². The third-order valence-corrected chi connectivity index (χ3v) is 14.0. The number of benzene rings is 1. The first-order chi connectivity index (χ1) is 25.0. The normalized spacial score (nSPS) is 29.1. The minimum atomic E-state index is -3.83. The van der Waals surface area contributed by atoms with E-state index in [-0.39, 0.29) is 49.3 Å². The maximum Gasteiger partial charge on any atom is 0.306 e. The second-order valence-corrected chi connectivity index (χ2v) is 17.8. The Balaban J connectivity index is 1.22.